The number of sulfonamides is 1. The van der Waals surface area contributed by atoms with Crippen molar-refractivity contribution in [2.24, 2.45) is 5.92 Å². The Kier molecular flexibility index (Phi) is 10.5. The summed E-state index contributed by atoms with van der Waals surface area (Å²) in [5, 5.41) is -0.388. The smallest absolute Gasteiger partial charge is 0.239 e. The van der Waals surface area contributed by atoms with Gasteiger partial charge in [0.05, 0.1) is 17.6 Å². The van der Waals surface area contributed by atoms with Crippen LogP contribution in [0.2, 0.25) is 18.1 Å². The number of rotatable bonds is 13. The van der Waals surface area contributed by atoms with Crippen molar-refractivity contribution in [2.45, 2.75) is 71.0 Å². The molecule has 0 radical (unpaired) electrons. The Bertz CT molecular complexity index is 1320. The first-order valence-corrected chi connectivity index (χ1v) is 17.7. The average Bonchev–Trinajstić information content (AvgIpc) is 2.80. The minimum Gasteiger partial charge on any atom is -0.432 e. The van der Waals surface area contributed by atoms with Crippen molar-refractivity contribution in [1.82, 2.24) is 9.97 Å². The Labute approximate surface area is 232 Å². The second kappa shape index (κ2) is 12.6. The molecule has 0 spiro atoms. The Hall–Kier alpha value is -2.76. The van der Waals surface area contributed by atoms with E-state index in [1.54, 1.807) is 6.08 Å². The van der Waals surface area contributed by atoms with E-state index in [9.17, 15) is 27.2 Å². The molecule has 1 atom stereocenters. The van der Waals surface area contributed by atoms with Crippen LogP contribution in [0.1, 0.15) is 64.1 Å². The Morgan fingerprint density at radius 1 is 1.18 bits per heavy atom. The fourth-order valence-corrected chi connectivity index (χ4v) is 5.24. The first kappa shape index (κ1) is 32.4. The zero-order chi connectivity index (χ0) is 29.8. The van der Waals surface area contributed by atoms with Gasteiger partial charge in [-0.2, -0.15) is 0 Å². The molecule has 214 valence electrons. The summed E-state index contributed by atoms with van der Waals surface area (Å²) in [5.41, 5.74) is 1.94. The van der Waals surface area contributed by atoms with Crippen molar-refractivity contribution in [3.8, 4) is 11.3 Å². The molecule has 0 fully saturated rings. The molecule has 1 N–H and O–H groups in total. The molecule has 0 saturated heterocycles. The highest BCUT2D eigenvalue weighted by Gasteiger charge is 2.39. The van der Waals surface area contributed by atoms with E-state index in [1.807, 2.05) is 40.8 Å². The lowest BCUT2D eigenvalue weighted by molar-refractivity contribution is -0.115. The largest absolute Gasteiger partial charge is 0.432 e. The fraction of sp³-hybridized carbons (Fsp3) is 0.500. The average molecular weight is 578 g/mol. The molecule has 8 nitrogen and oxygen atoms in total. The van der Waals surface area contributed by atoms with Crippen molar-refractivity contribution in [3.05, 3.63) is 47.4 Å². The monoisotopic (exact) mass is 577 g/mol. The van der Waals surface area contributed by atoms with Gasteiger partial charge in [0.15, 0.2) is 14.1 Å². The lowest BCUT2D eigenvalue weighted by Gasteiger charge is -2.37. The summed E-state index contributed by atoms with van der Waals surface area (Å²) < 4.78 is 39.1. The maximum atomic E-state index is 13.7. The van der Waals surface area contributed by atoms with Crippen LogP contribution in [0.5, 0.6) is 0 Å². The number of carbonyl (C=O) groups excluding carboxylic acids is 2. The SMILES string of the molecule is CC(C)c1nc(N(C)S(C)(=O)=O)nc(-c2ccc(F)cc2)c1/C=C/C(=O)C[C@H](CC=O)CC(C)(C)[Si](C)(C)O. The van der Waals surface area contributed by atoms with E-state index in [0.717, 1.165) is 16.8 Å². The van der Waals surface area contributed by atoms with Gasteiger partial charge in [-0.3, -0.25) is 4.79 Å². The van der Waals surface area contributed by atoms with Crippen molar-refractivity contribution >= 4 is 42.4 Å². The van der Waals surface area contributed by atoms with E-state index in [0.29, 0.717) is 28.9 Å². The summed E-state index contributed by atoms with van der Waals surface area (Å²) in [6.07, 6.45) is 5.75. The zero-order valence-corrected chi connectivity index (χ0v) is 25.8. The van der Waals surface area contributed by atoms with Gasteiger partial charge >= 0.3 is 0 Å². The van der Waals surface area contributed by atoms with Gasteiger partial charge < -0.3 is 9.59 Å². The molecular weight excluding hydrogens is 537 g/mol. The van der Waals surface area contributed by atoms with Crippen molar-refractivity contribution in [3.63, 3.8) is 0 Å². The summed E-state index contributed by atoms with van der Waals surface area (Å²) >= 11 is 0. The first-order chi connectivity index (χ1) is 17.9. The van der Waals surface area contributed by atoms with Gasteiger partial charge in [-0.15, -0.1) is 0 Å². The molecule has 0 bridgehead atoms. The predicted molar refractivity (Wildman–Crippen MR) is 156 cm³/mol. The summed E-state index contributed by atoms with van der Waals surface area (Å²) in [7, 11) is -4.83. The third-order valence-electron chi connectivity index (χ3n) is 7.22. The summed E-state index contributed by atoms with van der Waals surface area (Å²) in [5.74, 6) is -1.05. The van der Waals surface area contributed by atoms with Gasteiger partial charge in [0.25, 0.3) is 0 Å². The van der Waals surface area contributed by atoms with E-state index in [-0.39, 0.29) is 41.4 Å². The van der Waals surface area contributed by atoms with E-state index >= 15 is 0 Å². The molecule has 1 aromatic heterocycles. The van der Waals surface area contributed by atoms with Gasteiger partial charge in [-0.25, -0.2) is 27.1 Å². The van der Waals surface area contributed by atoms with Crippen LogP contribution in [-0.2, 0) is 19.6 Å². The molecule has 39 heavy (non-hydrogen) atoms. The highest BCUT2D eigenvalue weighted by atomic mass is 32.2. The van der Waals surface area contributed by atoms with Gasteiger partial charge in [0.1, 0.15) is 12.1 Å². The number of nitrogens with zero attached hydrogens (tertiary/aromatic N) is 3. The van der Waals surface area contributed by atoms with Crippen molar-refractivity contribution in [2.75, 3.05) is 17.6 Å². The Morgan fingerprint density at radius 2 is 1.77 bits per heavy atom. The second-order valence-electron chi connectivity index (χ2n) is 11.5. The quantitative estimate of drug-likeness (QED) is 0.194. The number of anilines is 1. The van der Waals surface area contributed by atoms with Crippen LogP contribution in [0.25, 0.3) is 17.3 Å². The lowest BCUT2D eigenvalue weighted by Crippen LogP contribution is -2.40. The number of benzene rings is 1. The van der Waals surface area contributed by atoms with Crippen LogP contribution in [0.15, 0.2) is 30.3 Å². The van der Waals surface area contributed by atoms with Crippen LogP contribution in [0.4, 0.5) is 10.3 Å². The highest BCUT2D eigenvalue weighted by Crippen LogP contribution is 2.43. The number of aromatic nitrogens is 2. The number of hydrogen-bond acceptors (Lipinski definition) is 7. The standard InChI is InChI=1S/C28H40FN3O5SSi/c1-19(2)25-24(14-13-23(34)17-20(15-16-33)18-28(3,4)39(7,8)37)26(21-9-11-22(29)12-10-21)31-27(30-25)32(5)38(6,35)36/h9-14,16,19-20,37H,15,17-18H2,1-8H3/b14-13+/t20-/m0/s1. The van der Waals surface area contributed by atoms with Gasteiger partial charge in [0, 0.05) is 31.0 Å². The van der Waals surface area contributed by atoms with Crippen molar-refractivity contribution in [1.29, 1.82) is 0 Å². The van der Waals surface area contributed by atoms with Gasteiger partial charge in [0.2, 0.25) is 16.0 Å². The molecule has 0 amide bonds. The number of halogens is 1. The molecule has 0 aliphatic carbocycles. The molecule has 0 aliphatic rings. The second-order valence-corrected chi connectivity index (χ2v) is 18.0. The van der Waals surface area contributed by atoms with Gasteiger partial charge in [-0.05, 0) is 72.8 Å². The number of allylic oxidation sites excluding steroid dienone is 1. The molecule has 0 aliphatic heterocycles. The van der Waals surface area contributed by atoms with E-state index in [4.69, 9.17) is 0 Å². The summed E-state index contributed by atoms with van der Waals surface area (Å²) in [6, 6.07) is 5.63. The lowest BCUT2D eigenvalue weighted by atomic mass is 9.89. The molecule has 0 unspecified atom stereocenters. The van der Waals surface area contributed by atoms with Crippen LogP contribution < -0.4 is 4.31 Å². The van der Waals surface area contributed by atoms with Crippen LogP contribution in [0.3, 0.4) is 0 Å². The molecule has 2 aromatic rings. The minimum atomic E-state index is -3.65. The molecule has 11 heteroatoms. The molecule has 1 aromatic carbocycles. The summed E-state index contributed by atoms with van der Waals surface area (Å²) in [6.45, 7) is 11.4. The Balaban J connectivity index is 2.56. The number of hydrogen-bond donors (Lipinski definition) is 1. The third-order valence-corrected chi connectivity index (χ3v) is 11.9. The molecule has 1 heterocycles. The molecular formula is C28H40FN3O5SSi. The molecule has 2 rings (SSSR count). The maximum absolute atomic E-state index is 13.7. The number of carbonyl (C=O) groups is 2. The highest BCUT2D eigenvalue weighted by molar-refractivity contribution is 7.92. The predicted octanol–water partition coefficient (Wildman–Crippen LogP) is 5.35. The Morgan fingerprint density at radius 3 is 2.26 bits per heavy atom. The fourth-order valence-electron chi connectivity index (χ4n) is 4.07. The van der Waals surface area contributed by atoms with Gasteiger partial charge in [-0.1, -0.05) is 27.7 Å². The van der Waals surface area contributed by atoms with E-state index in [1.165, 1.54) is 37.4 Å². The van der Waals surface area contributed by atoms with E-state index < -0.39 is 24.2 Å². The van der Waals surface area contributed by atoms with Crippen LogP contribution >= 0.6 is 0 Å². The van der Waals surface area contributed by atoms with Crippen LogP contribution in [0, 0.1) is 11.7 Å². The molecule has 0 saturated carbocycles. The third kappa shape index (κ3) is 8.61. The topological polar surface area (TPSA) is 118 Å². The number of ketones is 1. The van der Waals surface area contributed by atoms with Crippen LogP contribution in [-0.4, -0.2) is 56.9 Å². The van der Waals surface area contributed by atoms with Crippen molar-refractivity contribution < 1.29 is 27.2 Å². The zero-order valence-electron chi connectivity index (χ0n) is 24.0. The number of aldehydes is 1. The summed E-state index contributed by atoms with van der Waals surface area (Å²) in [4.78, 5) is 44.1. The minimum absolute atomic E-state index is 0.0342. The maximum Gasteiger partial charge on any atom is 0.239 e. The first-order valence-electron chi connectivity index (χ1n) is 12.9. The van der Waals surface area contributed by atoms with E-state index in [2.05, 4.69) is 9.97 Å². The normalized spacial score (nSPS) is 13.6.